The van der Waals surface area contributed by atoms with Crippen molar-refractivity contribution in [3.8, 4) is 0 Å². The number of aliphatic hydroxyl groups is 1. The van der Waals surface area contributed by atoms with Gasteiger partial charge in [0.2, 0.25) is 0 Å². The largest absolute Gasteiger partial charge is 0.394 e. The maximum atomic E-state index is 9.87. The Balaban J connectivity index is 2.06. The quantitative estimate of drug-likeness (QED) is 0.755. The fraction of sp³-hybridized carbons (Fsp3) is 0.600. The van der Waals surface area contributed by atoms with Crippen LogP contribution >= 0.6 is 23.4 Å². The van der Waals surface area contributed by atoms with Crippen molar-refractivity contribution < 1.29 is 5.11 Å². The summed E-state index contributed by atoms with van der Waals surface area (Å²) >= 11 is 7.93. The topological polar surface area (TPSA) is 32.3 Å². The van der Waals surface area contributed by atoms with Crippen molar-refractivity contribution in [1.29, 1.82) is 0 Å². The Morgan fingerprint density at radius 3 is 2.63 bits per heavy atom. The van der Waals surface area contributed by atoms with E-state index in [9.17, 15) is 5.11 Å². The predicted molar refractivity (Wildman–Crippen MR) is 83.0 cm³/mol. The van der Waals surface area contributed by atoms with Crippen LogP contribution in [0.3, 0.4) is 0 Å². The molecule has 0 amide bonds. The standard InChI is InChI=1S/C15H22ClNOS/c1-11(2)17-15(9-18,12-7-8-12)10-19-14-6-4-3-5-13(14)16/h3-6,11-12,17-18H,7-10H2,1-2H3. The second kappa shape index (κ2) is 6.49. The highest BCUT2D eigenvalue weighted by Crippen LogP contribution is 2.43. The number of rotatable bonds is 7. The van der Waals surface area contributed by atoms with Gasteiger partial charge in [-0.25, -0.2) is 0 Å². The van der Waals surface area contributed by atoms with E-state index in [4.69, 9.17) is 11.6 Å². The number of benzene rings is 1. The highest BCUT2D eigenvalue weighted by molar-refractivity contribution is 7.99. The van der Waals surface area contributed by atoms with Crippen molar-refractivity contribution in [1.82, 2.24) is 5.32 Å². The number of hydrogen-bond donors (Lipinski definition) is 2. The van der Waals surface area contributed by atoms with Crippen molar-refractivity contribution in [2.75, 3.05) is 12.4 Å². The smallest absolute Gasteiger partial charge is 0.0624 e. The summed E-state index contributed by atoms with van der Waals surface area (Å²) in [6.07, 6.45) is 2.42. The van der Waals surface area contributed by atoms with Crippen molar-refractivity contribution >= 4 is 23.4 Å². The summed E-state index contributed by atoms with van der Waals surface area (Å²) in [5.74, 6) is 1.45. The number of hydrogen-bond acceptors (Lipinski definition) is 3. The van der Waals surface area contributed by atoms with Gasteiger partial charge in [0.15, 0.2) is 0 Å². The first kappa shape index (κ1) is 15.2. The molecule has 19 heavy (non-hydrogen) atoms. The summed E-state index contributed by atoms with van der Waals surface area (Å²) in [6, 6.07) is 8.27. The van der Waals surface area contributed by atoms with Crippen LogP contribution in [0, 0.1) is 5.92 Å². The summed E-state index contributed by atoms with van der Waals surface area (Å²) in [4.78, 5) is 1.09. The minimum Gasteiger partial charge on any atom is -0.394 e. The van der Waals surface area contributed by atoms with Gasteiger partial charge >= 0.3 is 0 Å². The average molecular weight is 300 g/mol. The van der Waals surface area contributed by atoms with Gasteiger partial charge < -0.3 is 10.4 Å². The van der Waals surface area contributed by atoms with E-state index in [1.165, 1.54) is 12.8 Å². The van der Waals surface area contributed by atoms with Gasteiger partial charge in [0, 0.05) is 16.7 Å². The molecule has 0 saturated heterocycles. The molecule has 0 bridgehead atoms. The second-order valence-electron chi connectivity index (χ2n) is 5.61. The van der Waals surface area contributed by atoms with Crippen LogP contribution in [-0.4, -0.2) is 29.0 Å². The SMILES string of the molecule is CC(C)NC(CO)(CSc1ccccc1Cl)C1CC1. The molecule has 2 N–H and O–H groups in total. The number of nitrogens with one attached hydrogen (secondary N) is 1. The summed E-state index contributed by atoms with van der Waals surface area (Å²) in [6.45, 7) is 4.45. The van der Waals surface area contributed by atoms with Gasteiger partial charge in [-0.2, -0.15) is 0 Å². The highest BCUT2D eigenvalue weighted by Gasteiger charge is 2.45. The van der Waals surface area contributed by atoms with Crippen LogP contribution in [-0.2, 0) is 0 Å². The molecule has 0 radical (unpaired) electrons. The Morgan fingerprint density at radius 2 is 2.11 bits per heavy atom. The van der Waals surface area contributed by atoms with Gasteiger partial charge in [0.1, 0.15) is 0 Å². The molecule has 1 aliphatic rings. The lowest BCUT2D eigenvalue weighted by Crippen LogP contribution is -2.55. The third kappa shape index (κ3) is 3.88. The average Bonchev–Trinajstić information content (AvgIpc) is 3.20. The first-order chi connectivity index (χ1) is 9.07. The number of thioether (sulfide) groups is 1. The van der Waals surface area contributed by atoms with Crippen LogP contribution in [0.15, 0.2) is 29.2 Å². The van der Waals surface area contributed by atoms with Crippen molar-refractivity contribution in [2.24, 2.45) is 5.92 Å². The molecule has 1 aromatic carbocycles. The summed E-state index contributed by atoms with van der Waals surface area (Å²) in [5, 5.41) is 14.2. The monoisotopic (exact) mass is 299 g/mol. The molecule has 0 heterocycles. The lowest BCUT2D eigenvalue weighted by molar-refractivity contribution is 0.150. The molecule has 0 spiro atoms. The molecule has 0 aromatic heterocycles. The first-order valence-corrected chi connectivity index (χ1v) is 8.19. The summed E-state index contributed by atoms with van der Waals surface area (Å²) in [7, 11) is 0. The lowest BCUT2D eigenvalue weighted by atomic mass is 9.95. The Bertz CT molecular complexity index is 422. The molecule has 1 fully saturated rings. The molecular weight excluding hydrogens is 278 g/mol. The van der Waals surface area contributed by atoms with Gasteiger partial charge in [0.25, 0.3) is 0 Å². The molecule has 0 aliphatic heterocycles. The van der Waals surface area contributed by atoms with Crippen LogP contribution in [0.5, 0.6) is 0 Å². The van der Waals surface area contributed by atoms with E-state index in [1.807, 2.05) is 24.3 Å². The molecule has 106 valence electrons. The second-order valence-corrected chi connectivity index (χ2v) is 7.03. The lowest BCUT2D eigenvalue weighted by Gasteiger charge is -2.35. The van der Waals surface area contributed by atoms with Gasteiger partial charge in [-0.1, -0.05) is 37.6 Å². The Hall–Kier alpha value is -0.220. The first-order valence-electron chi connectivity index (χ1n) is 6.83. The number of aliphatic hydroxyl groups excluding tert-OH is 1. The van der Waals surface area contributed by atoms with Crippen molar-refractivity contribution in [3.05, 3.63) is 29.3 Å². The Morgan fingerprint density at radius 1 is 1.42 bits per heavy atom. The Kier molecular flexibility index (Phi) is 5.18. The molecule has 1 unspecified atom stereocenters. The molecule has 2 nitrogen and oxygen atoms in total. The highest BCUT2D eigenvalue weighted by atomic mass is 35.5. The van der Waals surface area contributed by atoms with Gasteiger partial charge in [0.05, 0.1) is 17.2 Å². The van der Waals surface area contributed by atoms with E-state index < -0.39 is 0 Å². The van der Waals surface area contributed by atoms with Gasteiger partial charge in [-0.3, -0.25) is 0 Å². The molecule has 4 heteroatoms. The predicted octanol–water partition coefficient (Wildman–Crippen LogP) is 3.57. The maximum absolute atomic E-state index is 9.87. The zero-order valence-electron chi connectivity index (χ0n) is 11.5. The molecule has 2 rings (SSSR count). The normalized spacial score (nSPS) is 18.6. The van der Waals surface area contributed by atoms with Crippen LogP contribution in [0.4, 0.5) is 0 Å². The summed E-state index contributed by atoms with van der Waals surface area (Å²) < 4.78 is 0. The van der Waals surface area contributed by atoms with E-state index in [1.54, 1.807) is 11.8 Å². The van der Waals surface area contributed by atoms with Gasteiger partial charge in [-0.15, -0.1) is 11.8 Å². The maximum Gasteiger partial charge on any atom is 0.0624 e. The molecule has 1 saturated carbocycles. The van der Waals surface area contributed by atoms with Crippen molar-refractivity contribution in [3.63, 3.8) is 0 Å². The fourth-order valence-corrected chi connectivity index (χ4v) is 3.98. The van der Waals surface area contributed by atoms with E-state index in [0.29, 0.717) is 12.0 Å². The zero-order valence-corrected chi connectivity index (χ0v) is 13.1. The third-order valence-corrected chi connectivity index (χ3v) is 5.31. The third-order valence-electron chi connectivity index (χ3n) is 3.54. The van der Waals surface area contributed by atoms with E-state index in [0.717, 1.165) is 15.7 Å². The van der Waals surface area contributed by atoms with Crippen molar-refractivity contribution in [2.45, 2.75) is 43.2 Å². The fourth-order valence-electron chi connectivity index (χ4n) is 2.48. The van der Waals surface area contributed by atoms with Crippen LogP contribution in [0.25, 0.3) is 0 Å². The van der Waals surface area contributed by atoms with Crippen LogP contribution in [0.2, 0.25) is 5.02 Å². The Labute approximate surface area is 124 Å². The summed E-state index contributed by atoms with van der Waals surface area (Å²) in [5.41, 5.74) is -0.169. The van der Waals surface area contributed by atoms with Gasteiger partial charge in [-0.05, 0) is 30.9 Å². The minimum atomic E-state index is -0.169. The minimum absolute atomic E-state index is 0.169. The van der Waals surface area contributed by atoms with Crippen LogP contribution < -0.4 is 5.32 Å². The molecule has 1 aliphatic carbocycles. The molecule has 1 atom stereocenters. The van der Waals surface area contributed by atoms with Crippen LogP contribution in [0.1, 0.15) is 26.7 Å². The zero-order chi connectivity index (χ0) is 13.9. The van der Waals surface area contributed by atoms with E-state index in [2.05, 4.69) is 19.2 Å². The molecular formula is C15H22ClNOS. The van der Waals surface area contributed by atoms with E-state index in [-0.39, 0.29) is 12.1 Å². The number of halogens is 1. The van der Waals surface area contributed by atoms with E-state index >= 15 is 0 Å². The molecule has 1 aromatic rings.